The van der Waals surface area contributed by atoms with E-state index in [4.69, 9.17) is 11.5 Å². The summed E-state index contributed by atoms with van der Waals surface area (Å²) in [6, 6.07) is 2.26. The van der Waals surface area contributed by atoms with Gasteiger partial charge in [0.05, 0.1) is 0 Å². The van der Waals surface area contributed by atoms with Gasteiger partial charge in [0.15, 0.2) is 0 Å². The van der Waals surface area contributed by atoms with E-state index in [0.717, 1.165) is 19.4 Å². The van der Waals surface area contributed by atoms with E-state index in [9.17, 15) is 0 Å². The van der Waals surface area contributed by atoms with Crippen LogP contribution in [0, 0.1) is 0 Å². The molecule has 1 rings (SSSR count). The van der Waals surface area contributed by atoms with Crippen molar-refractivity contribution < 1.29 is 0 Å². The zero-order valence-electron chi connectivity index (χ0n) is 6.90. The first-order valence-electron chi connectivity index (χ1n) is 3.82. The molecule has 2 nitrogen and oxygen atoms in total. The molecule has 0 aliphatic heterocycles. The molecular weight excluding hydrogens is 192 g/mol. The number of thiophene rings is 1. The number of hydrogen-bond donors (Lipinski definition) is 2. The summed E-state index contributed by atoms with van der Waals surface area (Å²) in [7, 11) is 0. The maximum absolute atomic E-state index is 5.88. The monoisotopic (exact) mass is 206 g/mol. The highest BCUT2D eigenvalue weighted by molar-refractivity contribution is 7.07. The van der Waals surface area contributed by atoms with Crippen molar-refractivity contribution >= 4 is 23.7 Å². The third kappa shape index (κ3) is 3.54. The Morgan fingerprint density at radius 1 is 1.50 bits per heavy atom. The first-order valence-corrected chi connectivity index (χ1v) is 4.76. The second-order valence-electron chi connectivity index (χ2n) is 2.59. The molecule has 4 N–H and O–H groups in total. The molecule has 0 amide bonds. The van der Waals surface area contributed by atoms with E-state index in [-0.39, 0.29) is 18.4 Å². The maximum Gasteiger partial charge on any atom is 0.0303 e. The fourth-order valence-corrected chi connectivity index (χ4v) is 1.72. The summed E-state index contributed by atoms with van der Waals surface area (Å²) in [5.74, 6) is 0. The fourth-order valence-electron chi connectivity index (χ4n) is 0.990. The zero-order valence-corrected chi connectivity index (χ0v) is 8.53. The molecule has 0 aliphatic carbocycles. The van der Waals surface area contributed by atoms with Crippen molar-refractivity contribution in [1.29, 1.82) is 0 Å². The minimum atomic E-state index is 0. The molecule has 1 aromatic heterocycles. The second-order valence-corrected chi connectivity index (χ2v) is 3.37. The van der Waals surface area contributed by atoms with Crippen LogP contribution in [-0.2, 0) is 0 Å². The predicted molar refractivity (Wildman–Crippen MR) is 56.8 cm³/mol. The van der Waals surface area contributed by atoms with E-state index in [2.05, 4.69) is 16.8 Å². The van der Waals surface area contributed by atoms with Gasteiger partial charge in [0, 0.05) is 6.04 Å². The average molecular weight is 207 g/mol. The lowest BCUT2D eigenvalue weighted by Gasteiger charge is -2.07. The molecule has 0 unspecified atom stereocenters. The molecule has 0 aromatic carbocycles. The lowest BCUT2D eigenvalue weighted by Crippen LogP contribution is -2.11. The highest BCUT2D eigenvalue weighted by Gasteiger charge is 2.03. The SMILES string of the molecule is Cl.NCCC[C@@H](N)c1ccsc1. The van der Waals surface area contributed by atoms with Crippen molar-refractivity contribution in [2.24, 2.45) is 11.5 Å². The lowest BCUT2D eigenvalue weighted by atomic mass is 10.1. The Bertz CT molecular complexity index is 189. The predicted octanol–water partition coefficient (Wildman–Crippen LogP) is 1.91. The van der Waals surface area contributed by atoms with Crippen molar-refractivity contribution in [1.82, 2.24) is 0 Å². The number of hydrogen-bond acceptors (Lipinski definition) is 3. The van der Waals surface area contributed by atoms with E-state index in [1.165, 1.54) is 5.56 Å². The van der Waals surface area contributed by atoms with Crippen LogP contribution >= 0.6 is 23.7 Å². The van der Waals surface area contributed by atoms with Crippen LogP contribution in [-0.4, -0.2) is 6.54 Å². The molecular formula is C8H15ClN2S. The molecule has 0 aliphatic rings. The Morgan fingerprint density at radius 3 is 2.75 bits per heavy atom. The van der Waals surface area contributed by atoms with Crippen LogP contribution in [0.1, 0.15) is 24.4 Å². The summed E-state index contributed by atoms with van der Waals surface area (Å²) in [4.78, 5) is 0. The molecule has 0 saturated heterocycles. The zero-order chi connectivity index (χ0) is 8.10. The minimum absolute atomic E-state index is 0. The minimum Gasteiger partial charge on any atom is -0.330 e. The summed E-state index contributed by atoms with van der Waals surface area (Å²) in [6.45, 7) is 0.734. The smallest absolute Gasteiger partial charge is 0.0303 e. The van der Waals surface area contributed by atoms with E-state index >= 15 is 0 Å². The van der Waals surface area contributed by atoms with Gasteiger partial charge in [0.2, 0.25) is 0 Å². The van der Waals surface area contributed by atoms with Gasteiger partial charge in [-0.05, 0) is 41.8 Å². The van der Waals surface area contributed by atoms with E-state index in [1.807, 2.05) is 0 Å². The average Bonchev–Trinajstić information content (AvgIpc) is 2.52. The van der Waals surface area contributed by atoms with Crippen LogP contribution in [0.3, 0.4) is 0 Å². The molecule has 1 aromatic rings. The van der Waals surface area contributed by atoms with Crippen LogP contribution in [0.25, 0.3) is 0 Å². The Labute approximate surface area is 83.4 Å². The summed E-state index contributed by atoms with van der Waals surface area (Å²) in [6.07, 6.45) is 2.00. The first-order chi connectivity index (χ1) is 5.34. The van der Waals surface area contributed by atoms with Crippen molar-refractivity contribution in [3.63, 3.8) is 0 Å². The molecule has 0 saturated carbocycles. The van der Waals surface area contributed by atoms with Gasteiger partial charge < -0.3 is 11.5 Å². The van der Waals surface area contributed by atoms with E-state index in [0.29, 0.717) is 0 Å². The third-order valence-corrected chi connectivity index (χ3v) is 2.39. The molecule has 0 spiro atoms. The van der Waals surface area contributed by atoms with Gasteiger partial charge in [-0.15, -0.1) is 12.4 Å². The molecule has 1 heterocycles. The largest absolute Gasteiger partial charge is 0.330 e. The van der Waals surface area contributed by atoms with Crippen molar-refractivity contribution in [3.8, 4) is 0 Å². The summed E-state index contributed by atoms with van der Waals surface area (Å²) >= 11 is 1.69. The van der Waals surface area contributed by atoms with Gasteiger partial charge in [0.25, 0.3) is 0 Å². The Hall–Kier alpha value is -0.0900. The summed E-state index contributed by atoms with van der Waals surface area (Å²) in [5, 5.41) is 4.15. The van der Waals surface area contributed by atoms with Gasteiger partial charge in [-0.3, -0.25) is 0 Å². The van der Waals surface area contributed by atoms with E-state index in [1.54, 1.807) is 11.3 Å². The van der Waals surface area contributed by atoms with Gasteiger partial charge >= 0.3 is 0 Å². The fraction of sp³-hybridized carbons (Fsp3) is 0.500. The van der Waals surface area contributed by atoms with Crippen LogP contribution in [0.15, 0.2) is 16.8 Å². The van der Waals surface area contributed by atoms with Crippen molar-refractivity contribution in [3.05, 3.63) is 22.4 Å². The number of nitrogens with two attached hydrogens (primary N) is 2. The Morgan fingerprint density at radius 2 is 2.25 bits per heavy atom. The van der Waals surface area contributed by atoms with Crippen molar-refractivity contribution in [2.75, 3.05) is 6.54 Å². The van der Waals surface area contributed by atoms with Gasteiger partial charge in [-0.25, -0.2) is 0 Å². The normalized spacial score (nSPS) is 12.2. The quantitative estimate of drug-likeness (QED) is 0.791. The van der Waals surface area contributed by atoms with Crippen LogP contribution in [0.4, 0.5) is 0 Å². The van der Waals surface area contributed by atoms with Gasteiger partial charge in [-0.1, -0.05) is 0 Å². The molecule has 1 atom stereocenters. The molecule has 0 bridgehead atoms. The summed E-state index contributed by atoms with van der Waals surface area (Å²) in [5.41, 5.74) is 12.5. The summed E-state index contributed by atoms with van der Waals surface area (Å²) < 4.78 is 0. The van der Waals surface area contributed by atoms with Crippen LogP contribution in [0.5, 0.6) is 0 Å². The van der Waals surface area contributed by atoms with E-state index < -0.39 is 0 Å². The molecule has 70 valence electrons. The van der Waals surface area contributed by atoms with Gasteiger partial charge in [0.1, 0.15) is 0 Å². The van der Waals surface area contributed by atoms with Gasteiger partial charge in [-0.2, -0.15) is 11.3 Å². The first kappa shape index (κ1) is 11.9. The Balaban J connectivity index is 0.00000121. The Kier molecular flexibility index (Phi) is 6.38. The molecule has 0 radical (unpaired) electrons. The third-order valence-electron chi connectivity index (χ3n) is 1.69. The highest BCUT2D eigenvalue weighted by Crippen LogP contribution is 2.17. The van der Waals surface area contributed by atoms with Crippen LogP contribution < -0.4 is 11.5 Å². The number of halogens is 1. The molecule has 4 heteroatoms. The topological polar surface area (TPSA) is 52.0 Å². The molecule has 0 fully saturated rings. The second kappa shape index (κ2) is 6.43. The van der Waals surface area contributed by atoms with Crippen LogP contribution in [0.2, 0.25) is 0 Å². The number of rotatable bonds is 4. The standard InChI is InChI=1S/C8H14N2S.ClH/c9-4-1-2-8(10)7-3-5-11-6-7;/h3,5-6,8H,1-2,4,9-10H2;1H/t8-;/m1./s1. The lowest BCUT2D eigenvalue weighted by molar-refractivity contribution is 0.619. The maximum atomic E-state index is 5.88. The highest BCUT2D eigenvalue weighted by atomic mass is 35.5. The van der Waals surface area contributed by atoms with Crippen molar-refractivity contribution in [2.45, 2.75) is 18.9 Å². The molecule has 12 heavy (non-hydrogen) atoms.